The Labute approximate surface area is 111 Å². The first-order chi connectivity index (χ1) is 8.10. The molecule has 0 aliphatic carbocycles. The molecule has 0 amide bonds. The number of carbonyl (C=O) groups excluding carboxylic acids is 1. The highest BCUT2D eigenvalue weighted by Gasteiger charge is 2.15. The fraction of sp³-hybridized carbons (Fsp3) is 0.667. The summed E-state index contributed by atoms with van der Waals surface area (Å²) in [5, 5.41) is 7.43. The Bertz CT molecular complexity index is 387. The van der Waals surface area contributed by atoms with Gasteiger partial charge in [0.2, 0.25) is 0 Å². The molecule has 0 bridgehead atoms. The van der Waals surface area contributed by atoms with E-state index in [2.05, 4.69) is 26.3 Å². The standard InChI is InChI=1S/C12H20BrN3O/c1-4-16-11(12(13)9(2)15-16)8-10(17)6-5-7-14-3/h14H,4-8H2,1-3H3. The molecule has 1 aromatic rings. The predicted octanol–water partition coefficient (Wildman–Crippen LogP) is 2.09. The lowest BCUT2D eigenvalue weighted by Gasteiger charge is -2.05. The molecule has 0 unspecified atom stereocenters. The topological polar surface area (TPSA) is 46.9 Å². The average Bonchev–Trinajstić information content (AvgIpc) is 2.57. The molecule has 0 radical (unpaired) electrons. The van der Waals surface area contributed by atoms with Crippen molar-refractivity contribution in [1.29, 1.82) is 0 Å². The number of hydrogen-bond acceptors (Lipinski definition) is 3. The van der Waals surface area contributed by atoms with E-state index < -0.39 is 0 Å². The van der Waals surface area contributed by atoms with Crippen LogP contribution in [0.3, 0.4) is 0 Å². The van der Waals surface area contributed by atoms with E-state index in [-0.39, 0.29) is 5.78 Å². The second-order valence-electron chi connectivity index (χ2n) is 4.08. The lowest BCUT2D eigenvalue weighted by molar-refractivity contribution is -0.118. The number of Topliss-reactive ketones (excluding diaryl/α,β-unsaturated/α-hetero) is 1. The van der Waals surface area contributed by atoms with Gasteiger partial charge >= 0.3 is 0 Å². The van der Waals surface area contributed by atoms with Crippen molar-refractivity contribution in [3.8, 4) is 0 Å². The van der Waals surface area contributed by atoms with Crippen LogP contribution in [-0.4, -0.2) is 29.2 Å². The van der Waals surface area contributed by atoms with Gasteiger partial charge in [0.05, 0.1) is 15.9 Å². The van der Waals surface area contributed by atoms with Crippen molar-refractivity contribution in [3.05, 3.63) is 15.9 Å². The second kappa shape index (κ2) is 6.91. The number of halogens is 1. The minimum absolute atomic E-state index is 0.274. The highest BCUT2D eigenvalue weighted by atomic mass is 79.9. The molecule has 0 atom stereocenters. The molecule has 0 fully saturated rings. The number of aromatic nitrogens is 2. The molecule has 0 aliphatic rings. The molecule has 4 nitrogen and oxygen atoms in total. The summed E-state index contributed by atoms with van der Waals surface area (Å²) in [7, 11) is 1.90. The van der Waals surface area contributed by atoms with Crippen LogP contribution in [0.5, 0.6) is 0 Å². The van der Waals surface area contributed by atoms with Crippen molar-refractivity contribution in [2.75, 3.05) is 13.6 Å². The molecule has 0 saturated heterocycles. The summed E-state index contributed by atoms with van der Waals surface area (Å²) < 4.78 is 2.87. The van der Waals surface area contributed by atoms with Crippen LogP contribution >= 0.6 is 15.9 Å². The van der Waals surface area contributed by atoms with Gasteiger partial charge < -0.3 is 5.32 Å². The molecule has 5 heteroatoms. The Balaban J connectivity index is 2.64. The quantitative estimate of drug-likeness (QED) is 0.785. The Morgan fingerprint density at radius 3 is 2.82 bits per heavy atom. The van der Waals surface area contributed by atoms with Gasteiger partial charge in [0.15, 0.2) is 0 Å². The first-order valence-electron chi connectivity index (χ1n) is 5.98. The molecule has 1 aromatic heterocycles. The molecule has 0 aromatic carbocycles. The molecular formula is C12H20BrN3O. The van der Waals surface area contributed by atoms with E-state index >= 15 is 0 Å². The second-order valence-corrected chi connectivity index (χ2v) is 4.88. The summed E-state index contributed by atoms with van der Waals surface area (Å²) in [4.78, 5) is 11.8. The van der Waals surface area contributed by atoms with Crippen LogP contribution in [0.2, 0.25) is 0 Å². The Hall–Kier alpha value is -0.680. The maximum atomic E-state index is 11.8. The molecule has 1 heterocycles. The van der Waals surface area contributed by atoms with Gasteiger partial charge in [-0.25, -0.2) is 0 Å². The Morgan fingerprint density at radius 2 is 2.24 bits per heavy atom. The van der Waals surface area contributed by atoms with Crippen molar-refractivity contribution < 1.29 is 4.79 Å². The molecular weight excluding hydrogens is 282 g/mol. The van der Waals surface area contributed by atoms with Crippen LogP contribution in [-0.2, 0) is 17.8 Å². The molecule has 96 valence electrons. The van der Waals surface area contributed by atoms with Crippen LogP contribution < -0.4 is 5.32 Å². The summed E-state index contributed by atoms with van der Waals surface area (Å²) in [6.45, 7) is 5.67. The Kier molecular flexibility index (Phi) is 5.85. The third kappa shape index (κ3) is 3.92. The molecule has 17 heavy (non-hydrogen) atoms. The lowest BCUT2D eigenvalue weighted by Crippen LogP contribution is -2.13. The largest absolute Gasteiger partial charge is 0.320 e. The first-order valence-corrected chi connectivity index (χ1v) is 6.77. The van der Waals surface area contributed by atoms with Gasteiger partial charge in [-0.3, -0.25) is 9.48 Å². The fourth-order valence-electron chi connectivity index (χ4n) is 1.78. The van der Waals surface area contributed by atoms with Crippen LogP contribution in [0.15, 0.2) is 4.47 Å². The van der Waals surface area contributed by atoms with E-state index in [4.69, 9.17) is 0 Å². The SMILES string of the molecule is CCn1nc(C)c(Br)c1CC(=O)CCCNC. The third-order valence-electron chi connectivity index (χ3n) is 2.70. The molecule has 1 rings (SSSR count). The first kappa shape index (κ1) is 14.4. The van der Waals surface area contributed by atoms with E-state index in [0.29, 0.717) is 12.8 Å². The van der Waals surface area contributed by atoms with Gasteiger partial charge in [-0.1, -0.05) is 0 Å². The molecule has 0 spiro atoms. The number of rotatable bonds is 7. The fourth-order valence-corrected chi connectivity index (χ4v) is 2.20. The summed E-state index contributed by atoms with van der Waals surface area (Å²) in [5.41, 5.74) is 1.95. The Morgan fingerprint density at radius 1 is 1.53 bits per heavy atom. The summed E-state index contributed by atoms with van der Waals surface area (Å²) in [5.74, 6) is 0.274. The number of nitrogens with zero attached hydrogens (tertiary/aromatic N) is 2. The van der Waals surface area contributed by atoms with Crippen molar-refractivity contribution in [1.82, 2.24) is 15.1 Å². The third-order valence-corrected chi connectivity index (χ3v) is 3.73. The minimum atomic E-state index is 0.274. The summed E-state index contributed by atoms with van der Waals surface area (Å²) in [6.07, 6.45) is 1.99. The van der Waals surface area contributed by atoms with Crippen LogP contribution in [0, 0.1) is 6.92 Å². The number of carbonyl (C=O) groups is 1. The van der Waals surface area contributed by atoms with E-state index in [1.54, 1.807) is 0 Å². The zero-order chi connectivity index (χ0) is 12.8. The predicted molar refractivity (Wildman–Crippen MR) is 72.2 cm³/mol. The van der Waals surface area contributed by atoms with Crippen molar-refractivity contribution >= 4 is 21.7 Å². The van der Waals surface area contributed by atoms with Crippen molar-refractivity contribution in [2.45, 2.75) is 39.7 Å². The van der Waals surface area contributed by atoms with Crippen molar-refractivity contribution in [3.63, 3.8) is 0 Å². The average molecular weight is 302 g/mol. The maximum absolute atomic E-state index is 11.8. The highest BCUT2D eigenvalue weighted by molar-refractivity contribution is 9.10. The van der Waals surface area contributed by atoms with Gasteiger partial charge in [-0.15, -0.1) is 0 Å². The number of aryl methyl sites for hydroxylation is 2. The van der Waals surface area contributed by atoms with Gasteiger partial charge in [-0.2, -0.15) is 5.10 Å². The van der Waals surface area contributed by atoms with Crippen LogP contribution in [0.4, 0.5) is 0 Å². The smallest absolute Gasteiger partial charge is 0.138 e. The van der Waals surface area contributed by atoms with E-state index in [0.717, 1.165) is 35.4 Å². The number of nitrogens with one attached hydrogen (secondary N) is 1. The molecule has 0 aliphatic heterocycles. The van der Waals surface area contributed by atoms with Gasteiger partial charge in [0.1, 0.15) is 5.78 Å². The van der Waals surface area contributed by atoms with Gasteiger partial charge in [-0.05, 0) is 49.8 Å². The lowest BCUT2D eigenvalue weighted by atomic mass is 10.1. The van der Waals surface area contributed by atoms with E-state index in [9.17, 15) is 4.79 Å². The maximum Gasteiger partial charge on any atom is 0.138 e. The van der Waals surface area contributed by atoms with Gasteiger partial charge in [0.25, 0.3) is 0 Å². The van der Waals surface area contributed by atoms with E-state index in [1.165, 1.54) is 0 Å². The monoisotopic (exact) mass is 301 g/mol. The van der Waals surface area contributed by atoms with Crippen LogP contribution in [0.25, 0.3) is 0 Å². The minimum Gasteiger partial charge on any atom is -0.320 e. The normalized spacial score (nSPS) is 10.8. The van der Waals surface area contributed by atoms with Gasteiger partial charge in [0, 0.05) is 19.4 Å². The summed E-state index contributed by atoms with van der Waals surface area (Å²) >= 11 is 3.50. The van der Waals surface area contributed by atoms with Crippen LogP contribution in [0.1, 0.15) is 31.2 Å². The van der Waals surface area contributed by atoms with Crippen molar-refractivity contribution in [2.24, 2.45) is 0 Å². The number of ketones is 1. The zero-order valence-electron chi connectivity index (χ0n) is 10.7. The summed E-state index contributed by atoms with van der Waals surface area (Å²) in [6, 6.07) is 0. The molecule has 1 N–H and O–H groups in total. The zero-order valence-corrected chi connectivity index (χ0v) is 12.3. The van der Waals surface area contributed by atoms with E-state index in [1.807, 2.05) is 25.6 Å². The molecule has 0 saturated carbocycles. The number of hydrogen-bond donors (Lipinski definition) is 1. The highest BCUT2D eigenvalue weighted by Crippen LogP contribution is 2.22.